The monoisotopic (exact) mass is 291 g/mol. The summed E-state index contributed by atoms with van der Waals surface area (Å²) in [6, 6.07) is 0. The summed E-state index contributed by atoms with van der Waals surface area (Å²) in [7, 11) is 0. The summed E-state index contributed by atoms with van der Waals surface area (Å²) < 4.78 is 9.30. The second kappa shape index (κ2) is 5.81. The van der Waals surface area contributed by atoms with Crippen LogP contribution in [-0.4, -0.2) is 34.4 Å². The Kier molecular flexibility index (Phi) is 5.47. The van der Waals surface area contributed by atoms with Crippen molar-refractivity contribution in [3.05, 3.63) is 24.3 Å². The van der Waals surface area contributed by atoms with Crippen LogP contribution >= 0.6 is 0 Å². The van der Waals surface area contributed by atoms with E-state index in [1.54, 1.807) is 0 Å². The van der Waals surface area contributed by atoms with Gasteiger partial charge in [-0.2, -0.15) is 0 Å². The molecule has 0 saturated carbocycles. The average molecular weight is 292 g/mol. The van der Waals surface area contributed by atoms with Gasteiger partial charge in [-0.15, -0.1) is 0 Å². The van der Waals surface area contributed by atoms with E-state index in [4.69, 9.17) is 0 Å². The number of carbonyl (C=O) groups is 2. The molecule has 0 heterocycles. The first-order valence-corrected chi connectivity index (χ1v) is 5.47. The maximum absolute atomic E-state index is 10.8. The second-order valence-corrected chi connectivity index (χ2v) is 3.86. The maximum atomic E-state index is 10.8. The topological polar surface area (TPSA) is 52.6 Å². The Morgan fingerprint density at radius 1 is 1.00 bits per heavy atom. The van der Waals surface area contributed by atoms with Crippen molar-refractivity contribution in [2.24, 2.45) is 0 Å². The Bertz CT molecular complexity index is 231. The van der Waals surface area contributed by atoms with E-state index in [-0.39, 0.29) is 0 Å². The van der Waals surface area contributed by atoms with Gasteiger partial charge in [-0.1, -0.05) is 0 Å². The number of carbonyl (C=O) groups excluding carboxylic acids is 2. The summed E-state index contributed by atoms with van der Waals surface area (Å²) >= 11 is -1.68. The SMILES string of the molecule is C=C(C)C(=O)[O][Sb][O]C(=O)C(=C)C. The van der Waals surface area contributed by atoms with Crippen LogP contribution in [0.25, 0.3) is 0 Å². The zero-order chi connectivity index (χ0) is 10.4. The Hall–Kier alpha value is -0.762. The molecule has 0 saturated heterocycles. The van der Waals surface area contributed by atoms with Crippen molar-refractivity contribution in [2.75, 3.05) is 0 Å². The van der Waals surface area contributed by atoms with Crippen molar-refractivity contribution in [1.82, 2.24) is 0 Å². The van der Waals surface area contributed by atoms with Gasteiger partial charge in [0.05, 0.1) is 0 Å². The number of hydrogen-bond donors (Lipinski definition) is 0. The molecule has 0 fully saturated rings. The molecular formula is C8H10O4Sb. The van der Waals surface area contributed by atoms with Gasteiger partial charge in [-0.25, -0.2) is 0 Å². The molecule has 0 bridgehead atoms. The van der Waals surface area contributed by atoms with Crippen LogP contribution < -0.4 is 0 Å². The van der Waals surface area contributed by atoms with Gasteiger partial charge >= 0.3 is 88.2 Å². The van der Waals surface area contributed by atoms with Crippen LogP contribution in [0.5, 0.6) is 0 Å². The van der Waals surface area contributed by atoms with Crippen molar-refractivity contribution in [1.29, 1.82) is 0 Å². The fraction of sp³-hybridized carbons (Fsp3) is 0.250. The van der Waals surface area contributed by atoms with E-state index in [2.05, 4.69) is 19.2 Å². The van der Waals surface area contributed by atoms with Crippen molar-refractivity contribution >= 4 is 34.4 Å². The van der Waals surface area contributed by atoms with Crippen molar-refractivity contribution in [3.8, 4) is 0 Å². The number of rotatable bonds is 4. The van der Waals surface area contributed by atoms with Gasteiger partial charge in [-0.05, 0) is 0 Å². The predicted octanol–water partition coefficient (Wildman–Crippen LogP) is 0.759. The van der Waals surface area contributed by atoms with Gasteiger partial charge in [0.25, 0.3) is 0 Å². The molecule has 13 heavy (non-hydrogen) atoms. The molecule has 0 aliphatic rings. The van der Waals surface area contributed by atoms with Gasteiger partial charge in [0.2, 0.25) is 0 Å². The van der Waals surface area contributed by atoms with E-state index >= 15 is 0 Å². The van der Waals surface area contributed by atoms with Gasteiger partial charge < -0.3 is 0 Å². The van der Waals surface area contributed by atoms with Crippen LogP contribution in [0.15, 0.2) is 24.3 Å². The van der Waals surface area contributed by atoms with E-state index in [0.717, 1.165) is 0 Å². The van der Waals surface area contributed by atoms with E-state index in [1.807, 2.05) is 0 Å². The molecule has 0 aliphatic heterocycles. The molecule has 71 valence electrons. The summed E-state index contributed by atoms with van der Waals surface area (Å²) in [5, 5.41) is 0. The van der Waals surface area contributed by atoms with Crippen LogP contribution in [-0.2, 0) is 15.6 Å². The summed E-state index contributed by atoms with van der Waals surface area (Å²) in [6.07, 6.45) is 0. The third-order valence-corrected chi connectivity index (χ3v) is 2.31. The molecule has 0 aliphatic carbocycles. The third-order valence-electron chi connectivity index (χ3n) is 0.937. The molecule has 0 spiro atoms. The summed E-state index contributed by atoms with van der Waals surface area (Å²) in [5.74, 6) is -1.04. The molecule has 1 radical (unpaired) electrons. The Balaban J connectivity index is 3.69. The second-order valence-electron chi connectivity index (χ2n) is 2.39. The fourth-order valence-corrected chi connectivity index (χ4v) is 1.62. The zero-order valence-corrected chi connectivity index (χ0v) is 10.0. The minimum absolute atomic E-state index is 0.293. The van der Waals surface area contributed by atoms with Crippen LogP contribution in [0.4, 0.5) is 0 Å². The Morgan fingerprint density at radius 2 is 1.31 bits per heavy atom. The molecule has 4 nitrogen and oxygen atoms in total. The Labute approximate surface area is 88.2 Å². The van der Waals surface area contributed by atoms with E-state index in [1.165, 1.54) is 13.8 Å². The number of hydrogen-bond acceptors (Lipinski definition) is 4. The van der Waals surface area contributed by atoms with E-state index in [9.17, 15) is 9.59 Å². The van der Waals surface area contributed by atoms with E-state index < -0.39 is 34.4 Å². The Morgan fingerprint density at radius 3 is 1.54 bits per heavy atom. The molecule has 0 unspecified atom stereocenters. The first-order chi connectivity index (χ1) is 5.95. The fourth-order valence-electron chi connectivity index (χ4n) is 0.242. The van der Waals surface area contributed by atoms with Gasteiger partial charge in [0.1, 0.15) is 0 Å². The summed E-state index contributed by atoms with van der Waals surface area (Å²) in [5.41, 5.74) is 0.587. The molecule has 0 N–H and O–H groups in total. The molecular weight excluding hydrogens is 282 g/mol. The van der Waals surface area contributed by atoms with Gasteiger partial charge in [0, 0.05) is 0 Å². The molecule has 0 rings (SSSR count). The van der Waals surface area contributed by atoms with Crippen molar-refractivity contribution in [2.45, 2.75) is 13.8 Å². The minimum atomic E-state index is -1.68. The van der Waals surface area contributed by atoms with Crippen LogP contribution in [0.1, 0.15) is 13.8 Å². The van der Waals surface area contributed by atoms with E-state index in [0.29, 0.717) is 11.1 Å². The first kappa shape index (κ1) is 12.2. The van der Waals surface area contributed by atoms with Gasteiger partial charge in [0.15, 0.2) is 0 Å². The molecule has 5 heteroatoms. The zero-order valence-electron chi connectivity index (χ0n) is 7.49. The molecule has 0 aromatic rings. The normalized spacial score (nSPS) is 8.77. The van der Waals surface area contributed by atoms with Crippen LogP contribution in [0.2, 0.25) is 0 Å². The molecule has 0 amide bonds. The predicted molar refractivity (Wildman–Crippen MR) is 47.6 cm³/mol. The van der Waals surface area contributed by atoms with Crippen molar-refractivity contribution < 1.29 is 15.6 Å². The molecule has 0 aromatic heterocycles. The molecule has 0 aromatic carbocycles. The van der Waals surface area contributed by atoms with Crippen molar-refractivity contribution in [3.63, 3.8) is 0 Å². The molecule has 0 atom stereocenters. The van der Waals surface area contributed by atoms with Crippen LogP contribution in [0, 0.1) is 0 Å². The quantitative estimate of drug-likeness (QED) is 0.567. The van der Waals surface area contributed by atoms with Crippen LogP contribution in [0.3, 0.4) is 0 Å². The third kappa shape index (κ3) is 5.47. The summed E-state index contributed by atoms with van der Waals surface area (Å²) in [4.78, 5) is 21.6. The first-order valence-electron chi connectivity index (χ1n) is 3.39. The van der Waals surface area contributed by atoms with Gasteiger partial charge in [-0.3, -0.25) is 0 Å². The standard InChI is InChI=1S/2C4H6O2.Sb/c2*1-3(2)4(5)6;/h2*1H2,2H3,(H,5,6);/q;;+2/p-2. The summed E-state index contributed by atoms with van der Waals surface area (Å²) in [6.45, 7) is 9.81. The average Bonchev–Trinajstić information content (AvgIpc) is 2.03.